The summed E-state index contributed by atoms with van der Waals surface area (Å²) in [5, 5.41) is 0. The number of likely N-dealkylation sites (N-methyl/N-ethyl adjacent to an activating group) is 1. The molecule has 3 heteroatoms. The number of nitrogens with zero attached hydrogens (tertiary/aromatic N) is 1. The zero-order valence-corrected chi connectivity index (χ0v) is 10.1. The third-order valence-corrected chi connectivity index (χ3v) is 3.16. The van der Waals surface area contributed by atoms with Crippen LogP contribution in [0.4, 0.5) is 5.69 Å². The first-order valence-electron chi connectivity index (χ1n) is 5.86. The van der Waals surface area contributed by atoms with E-state index >= 15 is 0 Å². The lowest BCUT2D eigenvalue weighted by Gasteiger charge is -2.16. The van der Waals surface area contributed by atoms with Crippen molar-refractivity contribution in [1.82, 2.24) is 4.90 Å². The van der Waals surface area contributed by atoms with Crippen molar-refractivity contribution in [3.8, 4) is 5.75 Å². The summed E-state index contributed by atoms with van der Waals surface area (Å²) in [6.45, 7) is 3.68. The first-order chi connectivity index (χ1) is 7.68. The van der Waals surface area contributed by atoms with Gasteiger partial charge in [-0.3, -0.25) is 0 Å². The summed E-state index contributed by atoms with van der Waals surface area (Å²) in [4.78, 5) is 2.35. The zero-order chi connectivity index (χ0) is 11.5. The molecule has 0 spiro atoms. The van der Waals surface area contributed by atoms with Crippen molar-refractivity contribution in [3.05, 3.63) is 23.8 Å². The molecule has 1 fully saturated rings. The number of anilines is 1. The van der Waals surface area contributed by atoms with Crippen LogP contribution < -0.4 is 10.5 Å². The molecule has 0 saturated heterocycles. The second-order valence-electron chi connectivity index (χ2n) is 4.55. The van der Waals surface area contributed by atoms with Crippen LogP contribution in [0.2, 0.25) is 0 Å². The lowest BCUT2D eigenvalue weighted by Crippen LogP contribution is -2.26. The molecule has 0 heterocycles. The largest absolute Gasteiger partial charge is 0.490 e. The van der Waals surface area contributed by atoms with Gasteiger partial charge in [0.2, 0.25) is 0 Å². The van der Waals surface area contributed by atoms with E-state index in [2.05, 4.69) is 11.9 Å². The molecule has 1 saturated carbocycles. The van der Waals surface area contributed by atoms with Gasteiger partial charge in [0.05, 0.1) is 5.69 Å². The molecule has 1 aromatic carbocycles. The maximum absolute atomic E-state index is 5.93. The Kier molecular flexibility index (Phi) is 3.34. The molecule has 2 N–H and O–H groups in total. The second-order valence-corrected chi connectivity index (χ2v) is 4.55. The predicted molar refractivity (Wildman–Crippen MR) is 66.7 cm³/mol. The monoisotopic (exact) mass is 220 g/mol. The lowest BCUT2D eigenvalue weighted by molar-refractivity contribution is 0.232. The number of nitrogens with two attached hydrogens (primary N) is 1. The van der Waals surface area contributed by atoms with Crippen LogP contribution in [-0.2, 0) is 0 Å². The van der Waals surface area contributed by atoms with E-state index in [4.69, 9.17) is 10.5 Å². The van der Waals surface area contributed by atoms with E-state index in [1.807, 2.05) is 25.1 Å². The van der Waals surface area contributed by atoms with Crippen molar-refractivity contribution in [2.75, 3.05) is 25.9 Å². The molecule has 1 aliphatic rings. The molecule has 0 unspecified atom stereocenters. The van der Waals surface area contributed by atoms with Crippen molar-refractivity contribution in [3.63, 3.8) is 0 Å². The van der Waals surface area contributed by atoms with Gasteiger partial charge in [-0.25, -0.2) is 0 Å². The van der Waals surface area contributed by atoms with Crippen LogP contribution in [0.25, 0.3) is 0 Å². The Labute approximate surface area is 97.2 Å². The smallest absolute Gasteiger partial charge is 0.142 e. The van der Waals surface area contributed by atoms with Crippen LogP contribution in [0.3, 0.4) is 0 Å². The number of para-hydroxylation sites is 1. The van der Waals surface area contributed by atoms with Crippen molar-refractivity contribution in [2.45, 2.75) is 25.8 Å². The van der Waals surface area contributed by atoms with Gasteiger partial charge in [-0.1, -0.05) is 12.1 Å². The summed E-state index contributed by atoms with van der Waals surface area (Å²) in [7, 11) is 2.15. The molecule has 0 bridgehead atoms. The number of aryl methyl sites for hydroxylation is 1. The Morgan fingerprint density at radius 1 is 1.44 bits per heavy atom. The van der Waals surface area contributed by atoms with E-state index in [0.717, 1.165) is 29.6 Å². The molecule has 0 radical (unpaired) electrons. The van der Waals surface area contributed by atoms with E-state index in [1.54, 1.807) is 0 Å². The number of benzene rings is 1. The van der Waals surface area contributed by atoms with Crippen LogP contribution in [-0.4, -0.2) is 31.1 Å². The van der Waals surface area contributed by atoms with E-state index in [0.29, 0.717) is 6.61 Å². The van der Waals surface area contributed by atoms with Crippen molar-refractivity contribution in [1.29, 1.82) is 0 Å². The minimum absolute atomic E-state index is 0.709. The highest BCUT2D eigenvalue weighted by Gasteiger charge is 2.25. The van der Waals surface area contributed by atoms with Crippen LogP contribution in [0.5, 0.6) is 5.75 Å². The van der Waals surface area contributed by atoms with Crippen molar-refractivity contribution < 1.29 is 4.74 Å². The number of ether oxygens (including phenoxy) is 1. The van der Waals surface area contributed by atoms with Crippen LogP contribution in [0.1, 0.15) is 18.4 Å². The van der Waals surface area contributed by atoms with Gasteiger partial charge < -0.3 is 15.4 Å². The molecule has 1 aromatic rings. The second kappa shape index (κ2) is 4.74. The van der Waals surface area contributed by atoms with Gasteiger partial charge in [-0.2, -0.15) is 0 Å². The maximum atomic E-state index is 5.93. The van der Waals surface area contributed by atoms with Crippen molar-refractivity contribution in [2.24, 2.45) is 0 Å². The highest BCUT2D eigenvalue weighted by Crippen LogP contribution is 2.26. The van der Waals surface area contributed by atoms with E-state index in [1.165, 1.54) is 12.8 Å². The molecule has 0 amide bonds. The Balaban J connectivity index is 1.82. The molecule has 0 atom stereocenters. The SMILES string of the molecule is Cc1cccc(OCCN(C)C2CC2)c1N. The summed E-state index contributed by atoms with van der Waals surface area (Å²) in [6, 6.07) is 6.70. The number of rotatable bonds is 5. The number of nitrogen functional groups attached to an aromatic ring is 1. The molecule has 88 valence electrons. The minimum Gasteiger partial charge on any atom is -0.490 e. The fourth-order valence-corrected chi connectivity index (χ4v) is 1.78. The van der Waals surface area contributed by atoms with E-state index in [-0.39, 0.29) is 0 Å². The fraction of sp³-hybridized carbons (Fsp3) is 0.538. The summed E-state index contributed by atoms with van der Waals surface area (Å²) >= 11 is 0. The fourth-order valence-electron chi connectivity index (χ4n) is 1.78. The molecule has 16 heavy (non-hydrogen) atoms. The van der Waals surface area contributed by atoms with Crippen LogP contribution in [0, 0.1) is 6.92 Å². The predicted octanol–water partition coefficient (Wildman–Crippen LogP) is 2.05. The van der Waals surface area contributed by atoms with Gasteiger partial charge in [-0.05, 0) is 38.4 Å². The first kappa shape index (κ1) is 11.3. The highest BCUT2D eigenvalue weighted by molar-refractivity contribution is 5.57. The Hall–Kier alpha value is -1.22. The quantitative estimate of drug-likeness (QED) is 0.772. The average molecular weight is 220 g/mol. The Morgan fingerprint density at radius 2 is 2.19 bits per heavy atom. The molecule has 0 aliphatic heterocycles. The molecule has 2 rings (SSSR count). The summed E-state index contributed by atoms with van der Waals surface area (Å²) in [6.07, 6.45) is 2.67. The maximum Gasteiger partial charge on any atom is 0.142 e. The standard InChI is InChI=1S/C13H20N2O/c1-10-4-3-5-12(13(10)14)16-9-8-15(2)11-6-7-11/h3-5,11H,6-9,14H2,1-2H3. The van der Waals surface area contributed by atoms with E-state index < -0.39 is 0 Å². The van der Waals surface area contributed by atoms with Crippen molar-refractivity contribution >= 4 is 5.69 Å². The zero-order valence-electron chi connectivity index (χ0n) is 10.1. The van der Waals surface area contributed by atoms with Gasteiger partial charge in [0, 0.05) is 12.6 Å². The first-order valence-corrected chi connectivity index (χ1v) is 5.86. The van der Waals surface area contributed by atoms with Crippen LogP contribution in [0.15, 0.2) is 18.2 Å². The third-order valence-electron chi connectivity index (χ3n) is 3.16. The average Bonchev–Trinajstić information content (AvgIpc) is 3.07. The summed E-state index contributed by atoms with van der Waals surface area (Å²) in [5.41, 5.74) is 7.77. The van der Waals surface area contributed by atoms with E-state index in [9.17, 15) is 0 Å². The molecule has 3 nitrogen and oxygen atoms in total. The number of hydrogen-bond donors (Lipinski definition) is 1. The third kappa shape index (κ3) is 2.67. The van der Waals surface area contributed by atoms with Gasteiger partial charge in [0.25, 0.3) is 0 Å². The normalized spacial score (nSPS) is 15.4. The number of hydrogen-bond acceptors (Lipinski definition) is 3. The molecule has 0 aromatic heterocycles. The molecule has 1 aliphatic carbocycles. The van der Waals surface area contributed by atoms with Crippen LogP contribution >= 0.6 is 0 Å². The minimum atomic E-state index is 0.709. The Bertz CT molecular complexity index is 361. The van der Waals surface area contributed by atoms with Gasteiger partial charge in [0.15, 0.2) is 0 Å². The lowest BCUT2D eigenvalue weighted by atomic mass is 10.2. The molecular formula is C13H20N2O. The van der Waals surface area contributed by atoms with Gasteiger partial charge in [0.1, 0.15) is 12.4 Å². The van der Waals surface area contributed by atoms with Gasteiger partial charge in [-0.15, -0.1) is 0 Å². The van der Waals surface area contributed by atoms with Gasteiger partial charge >= 0.3 is 0 Å². The molecular weight excluding hydrogens is 200 g/mol. The summed E-state index contributed by atoms with van der Waals surface area (Å²) in [5.74, 6) is 0.809. The highest BCUT2D eigenvalue weighted by atomic mass is 16.5. The summed E-state index contributed by atoms with van der Waals surface area (Å²) < 4.78 is 5.70. The Morgan fingerprint density at radius 3 is 2.88 bits per heavy atom. The topological polar surface area (TPSA) is 38.5 Å².